The summed E-state index contributed by atoms with van der Waals surface area (Å²) < 4.78 is 0. The van der Waals surface area contributed by atoms with E-state index in [1.807, 2.05) is 0 Å². The lowest BCUT2D eigenvalue weighted by Crippen LogP contribution is -2.32. The largest absolute Gasteiger partial charge is 0.481 e. The first-order valence-corrected chi connectivity index (χ1v) is 7.65. The fraction of sp³-hybridized carbons (Fsp3) is 0.867. The summed E-state index contributed by atoms with van der Waals surface area (Å²) in [6, 6.07) is 0.171. The second-order valence-corrected chi connectivity index (χ2v) is 6.29. The van der Waals surface area contributed by atoms with Gasteiger partial charge < -0.3 is 16.2 Å². The van der Waals surface area contributed by atoms with Crippen molar-refractivity contribution in [1.29, 1.82) is 0 Å². The zero-order valence-corrected chi connectivity index (χ0v) is 12.6. The van der Waals surface area contributed by atoms with E-state index in [9.17, 15) is 9.59 Å². The zero-order valence-electron chi connectivity index (χ0n) is 12.6. The summed E-state index contributed by atoms with van der Waals surface area (Å²) in [6.45, 7) is 4.84. The molecule has 1 saturated carbocycles. The quantitative estimate of drug-likeness (QED) is 0.633. The van der Waals surface area contributed by atoms with Crippen molar-refractivity contribution in [1.82, 2.24) is 5.32 Å². The van der Waals surface area contributed by atoms with Gasteiger partial charge in [0, 0.05) is 24.9 Å². The number of rotatable bonds is 8. The molecule has 3 atom stereocenters. The van der Waals surface area contributed by atoms with E-state index in [1.165, 1.54) is 0 Å². The van der Waals surface area contributed by atoms with Crippen molar-refractivity contribution in [2.75, 3.05) is 6.54 Å². The number of hydrogen-bond acceptors (Lipinski definition) is 3. The highest BCUT2D eigenvalue weighted by Crippen LogP contribution is 2.24. The average molecular weight is 284 g/mol. The third kappa shape index (κ3) is 5.90. The van der Waals surface area contributed by atoms with Crippen molar-refractivity contribution in [3.63, 3.8) is 0 Å². The van der Waals surface area contributed by atoms with Crippen molar-refractivity contribution in [2.45, 2.75) is 58.4 Å². The fourth-order valence-corrected chi connectivity index (χ4v) is 2.90. The normalized spacial score (nSPS) is 23.8. The Morgan fingerprint density at radius 2 is 2.00 bits per heavy atom. The molecule has 1 fully saturated rings. The second-order valence-electron chi connectivity index (χ2n) is 6.29. The van der Waals surface area contributed by atoms with Crippen LogP contribution in [0.3, 0.4) is 0 Å². The number of nitrogens with two attached hydrogens (primary N) is 1. The van der Waals surface area contributed by atoms with Crippen LogP contribution in [0.2, 0.25) is 0 Å². The van der Waals surface area contributed by atoms with E-state index in [0.29, 0.717) is 24.8 Å². The highest BCUT2D eigenvalue weighted by Gasteiger charge is 2.27. The molecular formula is C15H28N2O3. The first kappa shape index (κ1) is 17.0. The van der Waals surface area contributed by atoms with Crippen LogP contribution in [0.4, 0.5) is 0 Å². The number of nitrogens with one attached hydrogen (secondary N) is 1. The number of carboxylic acids is 1. The summed E-state index contributed by atoms with van der Waals surface area (Å²) in [4.78, 5) is 22.6. The molecule has 1 amide bonds. The Labute approximate surface area is 121 Å². The maximum absolute atomic E-state index is 11.9. The Kier molecular flexibility index (Phi) is 6.99. The lowest BCUT2D eigenvalue weighted by atomic mass is 9.88. The molecule has 0 aromatic rings. The molecule has 20 heavy (non-hydrogen) atoms. The van der Waals surface area contributed by atoms with Crippen LogP contribution in [0, 0.1) is 17.8 Å². The predicted octanol–water partition coefficient (Wildman–Crippen LogP) is 1.76. The third-order valence-electron chi connectivity index (χ3n) is 4.33. The maximum Gasteiger partial charge on any atom is 0.303 e. The van der Waals surface area contributed by atoms with Gasteiger partial charge in [-0.2, -0.15) is 0 Å². The Hall–Kier alpha value is -1.10. The number of hydrogen-bond donors (Lipinski definition) is 3. The van der Waals surface area contributed by atoms with Gasteiger partial charge in [0.05, 0.1) is 0 Å². The van der Waals surface area contributed by atoms with Gasteiger partial charge in [0.2, 0.25) is 5.91 Å². The highest BCUT2D eigenvalue weighted by molar-refractivity contribution is 5.78. The van der Waals surface area contributed by atoms with E-state index in [-0.39, 0.29) is 24.3 Å². The van der Waals surface area contributed by atoms with Crippen LogP contribution in [0.15, 0.2) is 0 Å². The maximum atomic E-state index is 11.9. The topological polar surface area (TPSA) is 92.4 Å². The standard InChI is InChI=1S/C15H28N2O3/c1-10(2)11(4-6-14(18)19)7-8-17-15(20)12-3-5-13(16)9-12/h10-13H,3-9,16H2,1-2H3,(H,17,20)(H,18,19). The number of carbonyl (C=O) groups excluding carboxylic acids is 1. The van der Waals surface area contributed by atoms with Gasteiger partial charge in [-0.1, -0.05) is 13.8 Å². The van der Waals surface area contributed by atoms with Crippen molar-refractivity contribution < 1.29 is 14.7 Å². The first-order chi connectivity index (χ1) is 9.40. The summed E-state index contributed by atoms with van der Waals surface area (Å²) in [5, 5.41) is 11.7. The third-order valence-corrected chi connectivity index (χ3v) is 4.33. The molecule has 116 valence electrons. The Bertz CT molecular complexity index is 331. The van der Waals surface area contributed by atoms with Gasteiger partial charge in [0.1, 0.15) is 0 Å². The molecule has 0 heterocycles. The van der Waals surface area contributed by atoms with E-state index in [1.54, 1.807) is 0 Å². The molecule has 3 unspecified atom stereocenters. The molecule has 0 spiro atoms. The van der Waals surface area contributed by atoms with Crippen molar-refractivity contribution in [3.05, 3.63) is 0 Å². The van der Waals surface area contributed by atoms with E-state index >= 15 is 0 Å². The molecule has 0 aromatic carbocycles. The molecule has 5 nitrogen and oxygen atoms in total. The Morgan fingerprint density at radius 3 is 2.50 bits per heavy atom. The molecular weight excluding hydrogens is 256 g/mol. The minimum atomic E-state index is -0.750. The molecule has 5 heteroatoms. The van der Waals surface area contributed by atoms with Crippen molar-refractivity contribution in [2.24, 2.45) is 23.5 Å². The van der Waals surface area contributed by atoms with Gasteiger partial charge in [-0.05, 0) is 43.9 Å². The Morgan fingerprint density at radius 1 is 1.30 bits per heavy atom. The van der Waals surface area contributed by atoms with Crippen molar-refractivity contribution >= 4 is 11.9 Å². The number of carbonyl (C=O) groups is 2. The van der Waals surface area contributed by atoms with Gasteiger partial charge in [0.15, 0.2) is 0 Å². The van der Waals surface area contributed by atoms with Crippen LogP contribution in [-0.4, -0.2) is 29.6 Å². The molecule has 0 saturated heterocycles. The van der Waals surface area contributed by atoms with Crippen molar-refractivity contribution in [3.8, 4) is 0 Å². The smallest absolute Gasteiger partial charge is 0.303 e. The molecule has 1 rings (SSSR count). The van der Waals surface area contributed by atoms with Crippen LogP contribution in [0.25, 0.3) is 0 Å². The molecule has 0 bridgehead atoms. The Balaban J connectivity index is 2.25. The number of aliphatic carboxylic acids is 1. The van der Waals surface area contributed by atoms with Crippen LogP contribution < -0.4 is 11.1 Å². The molecule has 1 aliphatic rings. The summed E-state index contributed by atoms with van der Waals surface area (Å²) in [5.41, 5.74) is 5.81. The molecule has 0 radical (unpaired) electrons. The zero-order chi connectivity index (χ0) is 15.1. The summed E-state index contributed by atoms with van der Waals surface area (Å²) >= 11 is 0. The van der Waals surface area contributed by atoms with E-state index in [2.05, 4.69) is 19.2 Å². The van der Waals surface area contributed by atoms with E-state index in [0.717, 1.165) is 25.7 Å². The molecule has 1 aliphatic carbocycles. The summed E-state index contributed by atoms with van der Waals surface area (Å²) in [7, 11) is 0. The van der Waals surface area contributed by atoms with Gasteiger partial charge in [-0.15, -0.1) is 0 Å². The minimum absolute atomic E-state index is 0.0709. The lowest BCUT2D eigenvalue weighted by Gasteiger charge is -2.20. The summed E-state index contributed by atoms with van der Waals surface area (Å²) in [6.07, 6.45) is 4.34. The average Bonchev–Trinajstić information content (AvgIpc) is 2.79. The van der Waals surface area contributed by atoms with Gasteiger partial charge in [-0.25, -0.2) is 0 Å². The van der Waals surface area contributed by atoms with E-state index in [4.69, 9.17) is 10.8 Å². The lowest BCUT2D eigenvalue weighted by molar-refractivity contribution is -0.137. The van der Waals surface area contributed by atoms with Gasteiger partial charge in [-0.3, -0.25) is 9.59 Å². The molecule has 0 aromatic heterocycles. The second kappa shape index (κ2) is 8.25. The number of amides is 1. The molecule has 4 N–H and O–H groups in total. The molecule has 0 aliphatic heterocycles. The number of carboxylic acid groups (broad SMARTS) is 1. The van der Waals surface area contributed by atoms with Crippen LogP contribution in [0.5, 0.6) is 0 Å². The summed E-state index contributed by atoms with van der Waals surface area (Å²) in [5.74, 6) is 0.211. The minimum Gasteiger partial charge on any atom is -0.481 e. The van der Waals surface area contributed by atoms with Gasteiger partial charge >= 0.3 is 5.97 Å². The highest BCUT2D eigenvalue weighted by atomic mass is 16.4. The van der Waals surface area contributed by atoms with Crippen LogP contribution in [0.1, 0.15) is 52.4 Å². The van der Waals surface area contributed by atoms with E-state index < -0.39 is 5.97 Å². The first-order valence-electron chi connectivity index (χ1n) is 7.65. The van der Waals surface area contributed by atoms with Gasteiger partial charge in [0.25, 0.3) is 0 Å². The SMILES string of the molecule is CC(C)C(CCNC(=O)C1CCC(N)C1)CCC(=O)O. The van der Waals surface area contributed by atoms with Crippen LogP contribution in [-0.2, 0) is 9.59 Å². The van der Waals surface area contributed by atoms with Crippen LogP contribution >= 0.6 is 0 Å². The fourth-order valence-electron chi connectivity index (χ4n) is 2.90. The predicted molar refractivity (Wildman–Crippen MR) is 78.1 cm³/mol. The monoisotopic (exact) mass is 284 g/mol.